The number of nitro groups is 1. The van der Waals surface area contributed by atoms with E-state index in [1.807, 2.05) is 0 Å². The Hall–Kier alpha value is -2.93. The van der Waals surface area contributed by atoms with Crippen molar-refractivity contribution in [3.63, 3.8) is 0 Å². The molecule has 7 nitrogen and oxygen atoms in total. The van der Waals surface area contributed by atoms with Crippen molar-refractivity contribution in [1.29, 1.82) is 0 Å². The molecule has 0 aliphatic carbocycles. The molecule has 7 heteroatoms. The topological polar surface area (TPSA) is 110 Å². The smallest absolute Gasteiger partial charge is 0.342 e. The van der Waals surface area contributed by atoms with Crippen molar-refractivity contribution in [3.8, 4) is 11.5 Å². The van der Waals surface area contributed by atoms with Gasteiger partial charge in [0.15, 0.2) is 0 Å². The van der Waals surface area contributed by atoms with Gasteiger partial charge in [-0.05, 0) is 18.2 Å². The third kappa shape index (κ3) is 2.98. The molecular weight excluding hydrogens is 278 g/mol. The van der Waals surface area contributed by atoms with Crippen LogP contribution < -0.4 is 4.74 Å². The minimum Gasteiger partial charge on any atom is -0.477 e. The first-order chi connectivity index (χ1) is 10.0. The summed E-state index contributed by atoms with van der Waals surface area (Å²) < 4.78 is 5.42. The highest BCUT2D eigenvalue weighted by atomic mass is 16.6. The molecule has 0 fully saturated rings. The largest absolute Gasteiger partial charge is 0.477 e. The van der Waals surface area contributed by atoms with Crippen LogP contribution >= 0.6 is 0 Å². The Balaban J connectivity index is 2.52. The molecule has 0 aliphatic heterocycles. The van der Waals surface area contributed by atoms with Crippen molar-refractivity contribution in [2.45, 2.75) is 6.61 Å². The lowest BCUT2D eigenvalue weighted by Crippen LogP contribution is -2.04. The summed E-state index contributed by atoms with van der Waals surface area (Å²) in [5.74, 6) is -1.38. The van der Waals surface area contributed by atoms with Crippen LogP contribution in [0.5, 0.6) is 11.5 Å². The second-order valence-electron chi connectivity index (χ2n) is 4.08. The first-order valence-electron chi connectivity index (χ1n) is 5.92. The van der Waals surface area contributed by atoms with Crippen LogP contribution in [0.15, 0.2) is 42.5 Å². The average molecular weight is 289 g/mol. The van der Waals surface area contributed by atoms with Crippen LogP contribution in [0.2, 0.25) is 0 Å². The Labute approximate surface area is 119 Å². The predicted molar refractivity (Wildman–Crippen MR) is 72.5 cm³/mol. The number of aromatic carboxylic acids is 1. The van der Waals surface area contributed by atoms with E-state index >= 15 is 0 Å². The number of aliphatic hydroxyl groups is 1. The van der Waals surface area contributed by atoms with Gasteiger partial charge in [0.1, 0.15) is 11.3 Å². The summed E-state index contributed by atoms with van der Waals surface area (Å²) in [4.78, 5) is 21.4. The van der Waals surface area contributed by atoms with Crippen molar-refractivity contribution in [3.05, 3.63) is 63.7 Å². The number of hydrogen-bond acceptors (Lipinski definition) is 5. The third-order valence-corrected chi connectivity index (χ3v) is 2.77. The van der Waals surface area contributed by atoms with Crippen LogP contribution in [0.1, 0.15) is 15.9 Å². The number of hydrogen-bond donors (Lipinski definition) is 2. The van der Waals surface area contributed by atoms with Gasteiger partial charge in [-0.3, -0.25) is 10.1 Å². The Kier molecular flexibility index (Phi) is 4.15. The molecule has 0 aliphatic rings. The molecule has 0 saturated heterocycles. The molecule has 21 heavy (non-hydrogen) atoms. The van der Waals surface area contributed by atoms with E-state index in [0.29, 0.717) is 5.56 Å². The number of carbonyl (C=O) groups is 1. The first-order valence-corrected chi connectivity index (χ1v) is 5.92. The fourth-order valence-corrected chi connectivity index (χ4v) is 1.82. The number of carboxylic acid groups (broad SMARTS) is 1. The highest BCUT2D eigenvalue weighted by molar-refractivity contribution is 5.93. The van der Waals surface area contributed by atoms with Crippen molar-refractivity contribution in [2.75, 3.05) is 0 Å². The maximum atomic E-state index is 11.1. The summed E-state index contributed by atoms with van der Waals surface area (Å²) in [6.07, 6.45) is 0. The quantitative estimate of drug-likeness (QED) is 0.646. The van der Waals surface area contributed by atoms with Crippen molar-refractivity contribution in [2.24, 2.45) is 0 Å². The molecule has 108 valence electrons. The summed E-state index contributed by atoms with van der Waals surface area (Å²) in [7, 11) is 0. The molecule has 2 N–H and O–H groups in total. The molecule has 0 aromatic heterocycles. The molecule has 2 aromatic carbocycles. The number of nitrogens with zero attached hydrogens (tertiary/aromatic N) is 1. The second-order valence-corrected chi connectivity index (χ2v) is 4.08. The van der Waals surface area contributed by atoms with Crippen LogP contribution in [0.4, 0.5) is 5.69 Å². The van der Waals surface area contributed by atoms with E-state index in [1.165, 1.54) is 18.2 Å². The van der Waals surface area contributed by atoms with E-state index < -0.39 is 22.1 Å². The van der Waals surface area contributed by atoms with Gasteiger partial charge in [-0.2, -0.15) is 0 Å². The molecule has 0 atom stereocenters. The van der Waals surface area contributed by atoms with Gasteiger partial charge in [-0.1, -0.05) is 24.3 Å². The minimum absolute atomic E-state index is 0.194. The zero-order valence-electron chi connectivity index (χ0n) is 10.7. The van der Waals surface area contributed by atoms with Crippen LogP contribution in [0, 0.1) is 10.1 Å². The number of rotatable bonds is 5. The lowest BCUT2D eigenvalue weighted by Gasteiger charge is -2.10. The number of para-hydroxylation sites is 2. The second kappa shape index (κ2) is 6.02. The van der Waals surface area contributed by atoms with Gasteiger partial charge in [0, 0.05) is 5.56 Å². The standard InChI is InChI=1S/C14H11NO6/c16-8-9-4-1-2-6-11(9)21-12-7-3-5-10(14(17)18)13(12)15(19)20/h1-7,16H,8H2,(H,17,18). The first kappa shape index (κ1) is 14.5. The molecule has 2 rings (SSSR count). The fraction of sp³-hybridized carbons (Fsp3) is 0.0714. The van der Waals surface area contributed by atoms with Gasteiger partial charge in [0.25, 0.3) is 0 Å². The van der Waals surface area contributed by atoms with Gasteiger partial charge in [-0.15, -0.1) is 0 Å². The lowest BCUT2D eigenvalue weighted by atomic mass is 10.1. The molecule has 0 radical (unpaired) electrons. The maximum Gasteiger partial charge on any atom is 0.342 e. The molecule has 0 bridgehead atoms. The maximum absolute atomic E-state index is 11.1. The van der Waals surface area contributed by atoms with Gasteiger partial charge in [0.2, 0.25) is 5.75 Å². The van der Waals surface area contributed by atoms with E-state index in [-0.39, 0.29) is 18.1 Å². The Morgan fingerprint density at radius 3 is 2.43 bits per heavy atom. The Morgan fingerprint density at radius 2 is 1.81 bits per heavy atom. The molecule has 2 aromatic rings. The van der Waals surface area contributed by atoms with E-state index in [1.54, 1.807) is 18.2 Å². The molecule has 0 unspecified atom stereocenters. The van der Waals surface area contributed by atoms with Crippen LogP contribution in [0.25, 0.3) is 0 Å². The molecule has 0 amide bonds. The molecule has 0 spiro atoms. The van der Waals surface area contributed by atoms with Gasteiger partial charge in [0.05, 0.1) is 11.5 Å². The molecule has 0 heterocycles. The summed E-state index contributed by atoms with van der Waals surface area (Å²) in [5, 5.41) is 29.3. The van der Waals surface area contributed by atoms with Crippen molar-refractivity contribution >= 4 is 11.7 Å². The number of aliphatic hydroxyl groups excluding tert-OH is 1. The predicted octanol–water partition coefficient (Wildman–Crippen LogP) is 2.58. The molecular formula is C14H11NO6. The number of nitro benzene ring substituents is 1. The van der Waals surface area contributed by atoms with Crippen molar-refractivity contribution in [1.82, 2.24) is 0 Å². The van der Waals surface area contributed by atoms with E-state index in [0.717, 1.165) is 6.07 Å². The zero-order valence-corrected chi connectivity index (χ0v) is 10.7. The molecule has 0 saturated carbocycles. The summed E-state index contributed by atoms with van der Waals surface area (Å²) in [6.45, 7) is -0.303. The Bertz CT molecular complexity index is 698. The fourth-order valence-electron chi connectivity index (χ4n) is 1.82. The highest BCUT2D eigenvalue weighted by Crippen LogP contribution is 2.35. The van der Waals surface area contributed by atoms with Crippen LogP contribution in [-0.2, 0) is 6.61 Å². The number of benzene rings is 2. The number of ether oxygens (including phenoxy) is 1. The number of carboxylic acids is 1. The van der Waals surface area contributed by atoms with Gasteiger partial charge in [-0.25, -0.2) is 4.79 Å². The zero-order chi connectivity index (χ0) is 15.4. The van der Waals surface area contributed by atoms with Crippen molar-refractivity contribution < 1.29 is 24.7 Å². The Morgan fingerprint density at radius 1 is 1.14 bits per heavy atom. The average Bonchev–Trinajstić information content (AvgIpc) is 2.47. The van der Waals surface area contributed by atoms with E-state index in [4.69, 9.17) is 9.84 Å². The normalized spacial score (nSPS) is 10.1. The monoisotopic (exact) mass is 289 g/mol. The van der Waals surface area contributed by atoms with Gasteiger partial charge >= 0.3 is 11.7 Å². The summed E-state index contributed by atoms with van der Waals surface area (Å²) >= 11 is 0. The van der Waals surface area contributed by atoms with E-state index in [2.05, 4.69) is 0 Å². The summed E-state index contributed by atoms with van der Waals surface area (Å²) in [5.41, 5.74) is -0.649. The van der Waals surface area contributed by atoms with Crippen LogP contribution in [0.3, 0.4) is 0 Å². The lowest BCUT2D eigenvalue weighted by molar-refractivity contribution is -0.386. The SMILES string of the molecule is O=C(O)c1cccc(Oc2ccccc2CO)c1[N+](=O)[O-]. The summed E-state index contributed by atoms with van der Waals surface area (Å²) in [6, 6.07) is 10.2. The van der Waals surface area contributed by atoms with Gasteiger partial charge < -0.3 is 14.9 Å². The minimum atomic E-state index is -1.41. The third-order valence-electron chi connectivity index (χ3n) is 2.77. The highest BCUT2D eigenvalue weighted by Gasteiger charge is 2.26. The van der Waals surface area contributed by atoms with Crippen LogP contribution in [-0.4, -0.2) is 21.1 Å². The van der Waals surface area contributed by atoms with E-state index in [9.17, 15) is 20.0 Å².